The van der Waals surface area contributed by atoms with Crippen LogP contribution in [-0.2, 0) is 11.3 Å². The van der Waals surface area contributed by atoms with Crippen molar-refractivity contribution in [2.75, 3.05) is 6.54 Å². The number of benzene rings is 1. The van der Waals surface area contributed by atoms with Crippen LogP contribution < -0.4 is 0 Å². The number of rotatable bonds is 8. The van der Waals surface area contributed by atoms with Crippen molar-refractivity contribution in [2.45, 2.75) is 39.8 Å². The lowest BCUT2D eigenvalue weighted by Gasteiger charge is -2.28. The predicted molar refractivity (Wildman–Crippen MR) is 117 cm³/mol. The van der Waals surface area contributed by atoms with Crippen molar-refractivity contribution in [3.8, 4) is 17.3 Å². The third-order valence-corrected chi connectivity index (χ3v) is 5.22. The minimum atomic E-state index is -0.215. The smallest absolute Gasteiger partial charge is 0.272 e. The molecule has 0 saturated heterocycles. The first kappa shape index (κ1) is 22.2. The molecule has 0 aliphatic rings. The van der Waals surface area contributed by atoms with Gasteiger partial charge in [0.05, 0.1) is 29.0 Å². The van der Waals surface area contributed by atoms with Crippen LogP contribution in [0.25, 0.3) is 11.3 Å². The Balaban J connectivity index is 1.77. The molecule has 0 aliphatic carbocycles. The van der Waals surface area contributed by atoms with Gasteiger partial charge in [-0.15, -0.1) is 0 Å². The number of aromatic nitrogens is 4. The summed E-state index contributed by atoms with van der Waals surface area (Å²) in [6.07, 6.45) is 3.61. The molecule has 0 unspecified atom stereocenters. The molecule has 0 radical (unpaired) electrons. The van der Waals surface area contributed by atoms with E-state index in [1.165, 1.54) is 13.1 Å². The molecule has 1 aromatic carbocycles. The van der Waals surface area contributed by atoms with Crippen molar-refractivity contribution < 1.29 is 9.59 Å². The summed E-state index contributed by atoms with van der Waals surface area (Å²) in [5.41, 5.74) is 2.31. The number of hydrogen-bond acceptors (Lipinski definition) is 5. The minimum Gasteiger partial charge on any atom is -0.338 e. The molecule has 9 heteroatoms. The molecule has 8 nitrogen and oxygen atoms in total. The molecule has 2 heterocycles. The van der Waals surface area contributed by atoms with Gasteiger partial charge in [-0.1, -0.05) is 17.7 Å². The standard InChI is InChI=1S/C22H23ClN6O2/c1-14(29(9-6-15(2)30)22(31)21-12-25-16(3)26-21)13-28-8-7-20(27-28)17-4-5-18(11-24)19(23)10-17/h4-5,7-8,10,12,14H,6,9,13H2,1-3H3,(H,25,26)/t14-/m0/s1. The number of imidazole rings is 1. The summed E-state index contributed by atoms with van der Waals surface area (Å²) in [6.45, 7) is 5.96. The summed E-state index contributed by atoms with van der Waals surface area (Å²) in [6, 6.07) is 8.84. The Hall–Kier alpha value is -3.44. The molecular formula is C22H23ClN6O2. The highest BCUT2D eigenvalue weighted by atomic mass is 35.5. The van der Waals surface area contributed by atoms with Crippen molar-refractivity contribution in [1.29, 1.82) is 5.26 Å². The van der Waals surface area contributed by atoms with Crippen molar-refractivity contribution >= 4 is 23.3 Å². The normalized spacial score (nSPS) is 11.7. The van der Waals surface area contributed by atoms with Crippen LogP contribution in [0.2, 0.25) is 5.02 Å². The fraction of sp³-hybridized carbons (Fsp3) is 0.318. The van der Waals surface area contributed by atoms with Crippen LogP contribution in [0.1, 0.15) is 42.1 Å². The summed E-state index contributed by atoms with van der Waals surface area (Å²) in [5, 5.41) is 14.0. The van der Waals surface area contributed by atoms with Gasteiger partial charge in [0.2, 0.25) is 0 Å². The minimum absolute atomic E-state index is 0.0184. The Morgan fingerprint density at radius 3 is 2.74 bits per heavy atom. The van der Waals surface area contributed by atoms with Crippen LogP contribution in [0, 0.1) is 18.3 Å². The van der Waals surface area contributed by atoms with Gasteiger partial charge >= 0.3 is 0 Å². The van der Waals surface area contributed by atoms with Gasteiger partial charge < -0.3 is 9.88 Å². The third kappa shape index (κ3) is 5.38. The first-order valence-electron chi connectivity index (χ1n) is 9.84. The first-order valence-corrected chi connectivity index (χ1v) is 10.2. The van der Waals surface area contributed by atoms with Gasteiger partial charge in [-0.3, -0.25) is 14.3 Å². The lowest BCUT2D eigenvalue weighted by atomic mass is 10.1. The largest absolute Gasteiger partial charge is 0.338 e. The van der Waals surface area contributed by atoms with E-state index in [-0.39, 0.29) is 24.2 Å². The monoisotopic (exact) mass is 438 g/mol. The number of nitrogens with one attached hydrogen (secondary N) is 1. The van der Waals surface area contributed by atoms with Crippen LogP contribution in [-0.4, -0.2) is 48.9 Å². The zero-order valence-corrected chi connectivity index (χ0v) is 18.3. The molecule has 1 N–H and O–H groups in total. The molecule has 2 aromatic heterocycles. The quantitative estimate of drug-likeness (QED) is 0.577. The number of aromatic amines is 1. The topological polar surface area (TPSA) is 108 Å². The van der Waals surface area contributed by atoms with Gasteiger partial charge in [0.1, 0.15) is 23.4 Å². The highest BCUT2D eigenvalue weighted by Crippen LogP contribution is 2.24. The number of carbonyl (C=O) groups excluding carboxylic acids is 2. The lowest BCUT2D eigenvalue weighted by molar-refractivity contribution is -0.117. The van der Waals surface area contributed by atoms with E-state index in [0.717, 1.165) is 5.56 Å². The van der Waals surface area contributed by atoms with Crippen LogP contribution in [0.4, 0.5) is 0 Å². The van der Waals surface area contributed by atoms with Crippen LogP contribution in [0.3, 0.4) is 0 Å². The van der Waals surface area contributed by atoms with Crippen molar-refractivity contribution in [3.63, 3.8) is 0 Å². The zero-order valence-electron chi connectivity index (χ0n) is 17.6. The molecule has 0 bridgehead atoms. The third-order valence-electron chi connectivity index (χ3n) is 4.91. The number of H-pyrrole nitrogens is 1. The number of nitrogens with zero attached hydrogens (tertiary/aromatic N) is 5. The van der Waals surface area contributed by atoms with E-state index < -0.39 is 0 Å². The maximum Gasteiger partial charge on any atom is 0.272 e. The highest BCUT2D eigenvalue weighted by Gasteiger charge is 2.24. The second kappa shape index (κ2) is 9.58. The molecule has 3 aromatic rings. The van der Waals surface area contributed by atoms with Crippen molar-refractivity contribution in [1.82, 2.24) is 24.6 Å². The number of Topliss-reactive ketones (excluding diaryl/α,β-unsaturated/α-hetero) is 1. The second-order valence-electron chi connectivity index (χ2n) is 7.41. The molecular weight excluding hydrogens is 416 g/mol. The maximum absolute atomic E-state index is 13.0. The van der Waals surface area contributed by atoms with Crippen LogP contribution in [0.15, 0.2) is 36.7 Å². The Kier molecular flexibility index (Phi) is 6.88. The van der Waals surface area contributed by atoms with Crippen molar-refractivity contribution in [3.05, 3.63) is 58.8 Å². The van der Waals surface area contributed by atoms with E-state index in [9.17, 15) is 9.59 Å². The van der Waals surface area contributed by atoms with Crippen LogP contribution >= 0.6 is 11.6 Å². The van der Waals surface area contributed by atoms with E-state index in [0.29, 0.717) is 40.9 Å². The van der Waals surface area contributed by atoms with E-state index >= 15 is 0 Å². The fourth-order valence-electron chi connectivity index (χ4n) is 3.24. The maximum atomic E-state index is 13.0. The van der Waals surface area contributed by atoms with Gasteiger partial charge in [-0.05, 0) is 39.0 Å². The molecule has 1 atom stereocenters. The molecule has 0 fully saturated rings. The van der Waals surface area contributed by atoms with E-state index in [1.807, 2.05) is 25.3 Å². The Morgan fingerprint density at radius 1 is 1.35 bits per heavy atom. The molecule has 0 saturated carbocycles. The average molecular weight is 439 g/mol. The van der Waals surface area contributed by atoms with Gasteiger partial charge in [-0.25, -0.2) is 4.98 Å². The molecule has 3 rings (SSSR count). The summed E-state index contributed by atoms with van der Waals surface area (Å²) >= 11 is 6.13. The van der Waals surface area contributed by atoms with Gasteiger partial charge in [0.25, 0.3) is 5.91 Å². The molecule has 0 spiro atoms. The number of ketones is 1. The average Bonchev–Trinajstić information content (AvgIpc) is 3.36. The van der Waals surface area contributed by atoms with E-state index in [1.54, 1.807) is 34.7 Å². The zero-order chi connectivity index (χ0) is 22.5. The molecule has 0 aliphatic heterocycles. The fourth-order valence-corrected chi connectivity index (χ4v) is 3.46. The van der Waals surface area contributed by atoms with E-state index in [2.05, 4.69) is 15.1 Å². The van der Waals surface area contributed by atoms with Gasteiger partial charge in [0, 0.05) is 30.8 Å². The van der Waals surface area contributed by atoms with Crippen LogP contribution in [0.5, 0.6) is 0 Å². The first-order chi connectivity index (χ1) is 14.8. The number of carbonyl (C=O) groups is 2. The molecule has 1 amide bonds. The molecule has 160 valence electrons. The van der Waals surface area contributed by atoms with Gasteiger partial charge in [-0.2, -0.15) is 10.4 Å². The number of hydrogen-bond donors (Lipinski definition) is 1. The SMILES string of the molecule is CC(=O)CCN(C(=O)c1cnc(C)[nH]1)[C@@H](C)Cn1ccc(-c2ccc(C#N)c(Cl)c2)n1. The van der Waals surface area contributed by atoms with E-state index in [4.69, 9.17) is 16.9 Å². The Bertz CT molecular complexity index is 1140. The highest BCUT2D eigenvalue weighted by molar-refractivity contribution is 6.32. The number of nitriles is 1. The Labute approximate surface area is 185 Å². The van der Waals surface area contributed by atoms with Gasteiger partial charge in [0.15, 0.2) is 0 Å². The molecule has 31 heavy (non-hydrogen) atoms. The Morgan fingerprint density at radius 2 is 2.13 bits per heavy atom. The summed E-state index contributed by atoms with van der Waals surface area (Å²) in [4.78, 5) is 33.2. The summed E-state index contributed by atoms with van der Waals surface area (Å²) < 4.78 is 1.75. The summed E-state index contributed by atoms with van der Waals surface area (Å²) in [7, 11) is 0. The number of amides is 1. The number of aryl methyl sites for hydroxylation is 1. The summed E-state index contributed by atoms with van der Waals surface area (Å²) in [5.74, 6) is 0.464. The van der Waals surface area contributed by atoms with Crippen molar-refractivity contribution in [2.24, 2.45) is 0 Å². The predicted octanol–water partition coefficient (Wildman–Crippen LogP) is 3.62. The second-order valence-corrected chi connectivity index (χ2v) is 7.82. The lowest BCUT2D eigenvalue weighted by Crippen LogP contribution is -2.42. The number of halogens is 1.